The minimum absolute atomic E-state index is 0.104. The molecule has 0 saturated heterocycles. The molecule has 4 saturated carbocycles. The number of carbonyl (C=O) groups excluding carboxylic acids is 1. The number of rotatable bonds is 5. The van der Waals surface area contributed by atoms with Crippen LogP contribution in [0, 0.1) is 17.8 Å². The maximum atomic E-state index is 12.5. The molecule has 4 aliphatic rings. The van der Waals surface area contributed by atoms with Crippen molar-refractivity contribution in [2.45, 2.75) is 57.0 Å². The average molecular weight is 347 g/mol. The molecule has 1 amide bonds. The van der Waals surface area contributed by atoms with E-state index in [2.05, 4.69) is 17.6 Å². The standard InChI is InChI=1S/C20H27ClN2O/c1-13(17-3-2-4-18(21)8-17)22-12-19(24)23-20-9-14-5-15(10-20)7-16(6-14)11-20/h2-4,8,13-16,22H,5-7,9-12H2,1H3,(H,23,24)/t13-,14?,15?,16?,20?/m1/s1. The molecule has 0 heterocycles. The van der Waals surface area contributed by atoms with Crippen LogP contribution < -0.4 is 10.6 Å². The molecule has 1 atom stereocenters. The van der Waals surface area contributed by atoms with Crippen LogP contribution in [0.25, 0.3) is 0 Å². The molecule has 4 bridgehead atoms. The molecular formula is C20H27ClN2O. The van der Waals surface area contributed by atoms with E-state index in [-0.39, 0.29) is 17.5 Å². The van der Waals surface area contributed by atoms with E-state index in [4.69, 9.17) is 11.6 Å². The predicted octanol–water partition coefficient (Wildman–Crippen LogP) is 4.08. The Morgan fingerprint density at radius 1 is 1.21 bits per heavy atom. The van der Waals surface area contributed by atoms with Crippen molar-refractivity contribution in [1.29, 1.82) is 0 Å². The maximum Gasteiger partial charge on any atom is 0.234 e. The highest BCUT2D eigenvalue weighted by atomic mass is 35.5. The van der Waals surface area contributed by atoms with Gasteiger partial charge in [-0.3, -0.25) is 4.79 Å². The molecule has 0 aromatic heterocycles. The van der Waals surface area contributed by atoms with Crippen molar-refractivity contribution in [1.82, 2.24) is 10.6 Å². The Balaban J connectivity index is 1.32. The summed E-state index contributed by atoms with van der Waals surface area (Å²) < 4.78 is 0. The van der Waals surface area contributed by atoms with Gasteiger partial charge >= 0.3 is 0 Å². The fourth-order valence-corrected chi connectivity index (χ4v) is 5.94. The molecule has 1 aromatic rings. The van der Waals surface area contributed by atoms with Crippen LogP contribution in [0.15, 0.2) is 24.3 Å². The van der Waals surface area contributed by atoms with Gasteiger partial charge in [0.15, 0.2) is 0 Å². The Hall–Kier alpha value is -1.06. The van der Waals surface area contributed by atoms with Crippen LogP contribution >= 0.6 is 11.6 Å². The highest BCUT2D eigenvalue weighted by Gasteiger charge is 2.51. The lowest BCUT2D eigenvalue weighted by atomic mass is 9.53. The average Bonchev–Trinajstić information content (AvgIpc) is 2.50. The van der Waals surface area contributed by atoms with E-state index < -0.39 is 0 Å². The van der Waals surface area contributed by atoms with Gasteiger partial charge in [0, 0.05) is 16.6 Å². The summed E-state index contributed by atoms with van der Waals surface area (Å²) in [7, 11) is 0. The summed E-state index contributed by atoms with van der Waals surface area (Å²) in [5.41, 5.74) is 1.22. The van der Waals surface area contributed by atoms with Gasteiger partial charge in [0.25, 0.3) is 0 Å². The van der Waals surface area contributed by atoms with E-state index in [0.717, 1.165) is 28.3 Å². The predicted molar refractivity (Wildman–Crippen MR) is 96.9 cm³/mol. The van der Waals surface area contributed by atoms with Crippen LogP contribution in [0.1, 0.15) is 57.1 Å². The van der Waals surface area contributed by atoms with Crippen molar-refractivity contribution in [2.75, 3.05) is 6.54 Å². The smallest absolute Gasteiger partial charge is 0.234 e. The van der Waals surface area contributed by atoms with Crippen LogP contribution in [-0.4, -0.2) is 18.0 Å². The molecule has 4 aliphatic carbocycles. The van der Waals surface area contributed by atoms with Crippen molar-refractivity contribution in [3.05, 3.63) is 34.9 Å². The lowest BCUT2D eigenvalue weighted by Gasteiger charge is -2.56. The second-order valence-corrected chi connectivity index (χ2v) is 8.84. The van der Waals surface area contributed by atoms with Gasteiger partial charge in [-0.25, -0.2) is 0 Å². The first-order valence-corrected chi connectivity index (χ1v) is 9.69. The molecule has 130 valence electrons. The van der Waals surface area contributed by atoms with E-state index in [0.29, 0.717) is 6.54 Å². The minimum atomic E-state index is 0.104. The van der Waals surface area contributed by atoms with E-state index in [1.165, 1.54) is 38.5 Å². The summed E-state index contributed by atoms with van der Waals surface area (Å²) in [4.78, 5) is 12.5. The summed E-state index contributed by atoms with van der Waals surface area (Å²) in [6, 6.07) is 7.94. The van der Waals surface area contributed by atoms with Gasteiger partial charge in [0.05, 0.1) is 6.54 Å². The largest absolute Gasteiger partial charge is 0.350 e. The molecule has 0 spiro atoms. The quantitative estimate of drug-likeness (QED) is 0.843. The number of hydrogen-bond donors (Lipinski definition) is 2. The van der Waals surface area contributed by atoms with Crippen LogP contribution in [0.2, 0.25) is 5.02 Å². The molecular weight excluding hydrogens is 320 g/mol. The third kappa shape index (κ3) is 3.34. The van der Waals surface area contributed by atoms with Crippen LogP contribution in [0.4, 0.5) is 0 Å². The van der Waals surface area contributed by atoms with Crippen molar-refractivity contribution in [3.63, 3.8) is 0 Å². The summed E-state index contributed by atoms with van der Waals surface area (Å²) in [5, 5.41) is 7.49. The second-order valence-electron chi connectivity index (χ2n) is 8.40. The Kier molecular flexibility index (Phi) is 4.34. The SMILES string of the molecule is C[C@@H](NCC(=O)NC12CC3CC(CC(C3)C1)C2)c1cccc(Cl)c1. The zero-order valence-corrected chi connectivity index (χ0v) is 15.1. The monoisotopic (exact) mass is 346 g/mol. The zero-order valence-electron chi connectivity index (χ0n) is 14.4. The van der Waals surface area contributed by atoms with Gasteiger partial charge in [-0.1, -0.05) is 23.7 Å². The molecule has 0 radical (unpaired) electrons. The second kappa shape index (κ2) is 6.34. The van der Waals surface area contributed by atoms with Crippen molar-refractivity contribution >= 4 is 17.5 Å². The van der Waals surface area contributed by atoms with Gasteiger partial charge in [-0.05, 0) is 80.9 Å². The van der Waals surface area contributed by atoms with Gasteiger partial charge in [-0.2, -0.15) is 0 Å². The highest BCUT2D eigenvalue weighted by molar-refractivity contribution is 6.30. The van der Waals surface area contributed by atoms with Gasteiger partial charge < -0.3 is 10.6 Å². The van der Waals surface area contributed by atoms with E-state index in [1.807, 2.05) is 24.3 Å². The van der Waals surface area contributed by atoms with Crippen LogP contribution in [0.3, 0.4) is 0 Å². The first-order valence-electron chi connectivity index (χ1n) is 9.31. The third-order valence-corrected chi connectivity index (χ3v) is 6.60. The van der Waals surface area contributed by atoms with Gasteiger partial charge in [0.1, 0.15) is 0 Å². The first kappa shape index (κ1) is 16.4. The van der Waals surface area contributed by atoms with E-state index >= 15 is 0 Å². The molecule has 4 heteroatoms. The number of halogens is 1. The zero-order chi connectivity index (χ0) is 16.7. The number of carbonyl (C=O) groups is 1. The summed E-state index contributed by atoms with van der Waals surface area (Å²) in [6.45, 7) is 2.44. The Morgan fingerprint density at radius 3 is 2.42 bits per heavy atom. The molecule has 0 aliphatic heterocycles. The molecule has 24 heavy (non-hydrogen) atoms. The topological polar surface area (TPSA) is 41.1 Å². The number of amides is 1. The fraction of sp³-hybridized carbons (Fsp3) is 0.650. The number of hydrogen-bond acceptors (Lipinski definition) is 2. The van der Waals surface area contributed by atoms with Crippen LogP contribution in [-0.2, 0) is 4.79 Å². The first-order chi connectivity index (χ1) is 11.5. The maximum absolute atomic E-state index is 12.5. The van der Waals surface area contributed by atoms with Crippen molar-refractivity contribution < 1.29 is 4.79 Å². The molecule has 0 unspecified atom stereocenters. The molecule has 2 N–H and O–H groups in total. The molecule has 5 rings (SSSR count). The lowest BCUT2D eigenvalue weighted by molar-refractivity contribution is -0.126. The summed E-state index contributed by atoms with van der Waals surface area (Å²) >= 11 is 6.05. The number of benzene rings is 1. The van der Waals surface area contributed by atoms with Gasteiger partial charge in [0.2, 0.25) is 5.91 Å². The van der Waals surface area contributed by atoms with Gasteiger partial charge in [-0.15, -0.1) is 0 Å². The number of nitrogens with one attached hydrogen (secondary N) is 2. The van der Waals surface area contributed by atoms with Crippen molar-refractivity contribution in [2.24, 2.45) is 17.8 Å². The third-order valence-electron chi connectivity index (χ3n) is 6.36. The highest BCUT2D eigenvalue weighted by Crippen LogP contribution is 2.55. The normalized spacial score (nSPS) is 35.0. The Labute approximate surface area is 149 Å². The van der Waals surface area contributed by atoms with Crippen LogP contribution in [0.5, 0.6) is 0 Å². The Bertz CT molecular complexity index is 595. The summed E-state index contributed by atoms with van der Waals surface area (Å²) in [6.07, 6.45) is 7.81. The summed E-state index contributed by atoms with van der Waals surface area (Å²) in [5.74, 6) is 2.71. The molecule has 4 fully saturated rings. The molecule has 3 nitrogen and oxygen atoms in total. The molecule has 1 aromatic carbocycles. The Morgan fingerprint density at radius 2 is 1.83 bits per heavy atom. The van der Waals surface area contributed by atoms with E-state index in [9.17, 15) is 4.79 Å². The van der Waals surface area contributed by atoms with Crippen molar-refractivity contribution in [3.8, 4) is 0 Å². The minimum Gasteiger partial charge on any atom is -0.350 e. The fourth-order valence-electron chi connectivity index (χ4n) is 5.74. The lowest BCUT2D eigenvalue weighted by Crippen LogP contribution is -2.60. The van der Waals surface area contributed by atoms with E-state index in [1.54, 1.807) is 0 Å².